The number of carbonyl (C=O) groups is 1. The van der Waals surface area contributed by atoms with Crippen LogP contribution in [0.1, 0.15) is 31.9 Å². The molecule has 106 valence electrons. The lowest BCUT2D eigenvalue weighted by Crippen LogP contribution is -2.46. The van der Waals surface area contributed by atoms with Crippen molar-refractivity contribution in [2.24, 2.45) is 11.7 Å². The topological polar surface area (TPSA) is 64.4 Å². The molecule has 1 heterocycles. The SMILES string of the molecule is CCC(C)C(N)C(=O)NC1COc2ccccc21.Cl. The van der Waals surface area contributed by atoms with E-state index in [-0.39, 0.29) is 30.3 Å². The normalized spacial score (nSPS) is 19.6. The van der Waals surface area contributed by atoms with Crippen LogP contribution in [0, 0.1) is 5.92 Å². The van der Waals surface area contributed by atoms with Crippen LogP contribution < -0.4 is 15.8 Å². The highest BCUT2D eigenvalue weighted by atomic mass is 35.5. The Morgan fingerprint density at radius 2 is 2.21 bits per heavy atom. The van der Waals surface area contributed by atoms with Crippen molar-refractivity contribution in [2.45, 2.75) is 32.4 Å². The van der Waals surface area contributed by atoms with Crippen LogP contribution in [0.3, 0.4) is 0 Å². The smallest absolute Gasteiger partial charge is 0.237 e. The van der Waals surface area contributed by atoms with E-state index >= 15 is 0 Å². The lowest BCUT2D eigenvalue weighted by atomic mass is 9.98. The third kappa shape index (κ3) is 3.39. The van der Waals surface area contributed by atoms with Gasteiger partial charge in [-0.25, -0.2) is 0 Å². The van der Waals surface area contributed by atoms with Crippen molar-refractivity contribution in [3.63, 3.8) is 0 Å². The summed E-state index contributed by atoms with van der Waals surface area (Å²) in [6.45, 7) is 4.51. The van der Waals surface area contributed by atoms with E-state index in [1.807, 2.05) is 38.1 Å². The Balaban J connectivity index is 0.00000180. The molecule has 4 nitrogen and oxygen atoms in total. The fraction of sp³-hybridized carbons (Fsp3) is 0.500. The van der Waals surface area contributed by atoms with Gasteiger partial charge in [0.15, 0.2) is 0 Å². The molecule has 3 atom stereocenters. The minimum atomic E-state index is -0.456. The van der Waals surface area contributed by atoms with Gasteiger partial charge in [-0.05, 0) is 12.0 Å². The zero-order valence-electron chi connectivity index (χ0n) is 11.3. The second-order valence-corrected chi connectivity index (χ2v) is 4.82. The molecule has 1 amide bonds. The molecule has 0 radical (unpaired) electrons. The molecule has 0 spiro atoms. The second kappa shape index (κ2) is 6.78. The van der Waals surface area contributed by atoms with Crippen molar-refractivity contribution < 1.29 is 9.53 Å². The summed E-state index contributed by atoms with van der Waals surface area (Å²) in [4.78, 5) is 12.0. The number of amides is 1. The van der Waals surface area contributed by atoms with E-state index in [1.54, 1.807) is 0 Å². The molecule has 0 bridgehead atoms. The van der Waals surface area contributed by atoms with Gasteiger partial charge in [0.05, 0.1) is 12.1 Å². The first-order valence-corrected chi connectivity index (χ1v) is 6.41. The van der Waals surface area contributed by atoms with Gasteiger partial charge in [0, 0.05) is 5.56 Å². The maximum Gasteiger partial charge on any atom is 0.237 e. The molecule has 1 aliphatic heterocycles. The summed E-state index contributed by atoms with van der Waals surface area (Å²) < 4.78 is 5.52. The van der Waals surface area contributed by atoms with Crippen LogP contribution in [-0.2, 0) is 4.79 Å². The van der Waals surface area contributed by atoms with E-state index in [0.717, 1.165) is 17.7 Å². The zero-order chi connectivity index (χ0) is 13.1. The molecule has 0 saturated heterocycles. The van der Waals surface area contributed by atoms with E-state index in [4.69, 9.17) is 10.5 Å². The molecule has 1 aromatic rings. The van der Waals surface area contributed by atoms with Crippen LogP contribution in [0.2, 0.25) is 0 Å². The fourth-order valence-electron chi connectivity index (χ4n) is 2.06. The Labute approximate surface area is 120 Å². The van der Waals surface area contributed by atoms with Crippen LogP contribution >= 0.6 is 12.4 Å². The van der Waals surface area contributed by atoms with Crippen LogP contribution in [0.15, 0.2) is 24.3 Å². The van der Waals surface area contributed by atoms with E-state index in [1.165, 1.54) is 0 Å². The highest BCUT2D eigenvalue weighted by Gasteiger charge is 2.28. The predicted octanol–water partition coefficient (Wildman–Crippen LogP) is 2.03. The Morgan fingerprint density at radius 1 is 1.53 bits per heavy atom. The molecule has 3 unspecified atom stereocenters. The Morgan fingerprint density at radius 3 is 2.89 bits per heavy atom. The maximum absolute atomic E-state index is 12.0. The summed E-state index contributed by atoms with van der Waals surface area (Å²) in [5.41, 5.74) is 6.95. The first-order valence-electron chi connectivity index (χ1n) is 6.41. The van der Waals surface area contributed by atoms with Gasteiger partial charge < -0.3 is 15.8 Å². The van der Waals surface area contributed by atoms with E-state index < -0.39 is 6.04 Å². The van der Waals surface area contributed by atoms with Crippen LogP contribution in [-0.4, -0.2) is 18.6 Å². The molecule has 1 aromatic carbocycles. The quantitative estimate of drug-likeness (QED) is 0.889. The molecule has 5 heteroatoms. The van der Waals surface area contributed by atoms with Gasteiger partial charge in [0.1, 0.15) is 12.4 Å². The van der Waals surface area contributed by atoms with Crippen molar-refractivity contribution >= 4 is 18.3 Å². The molecule has 0 fully saturated rings. The number of carbonyl (C=O) groups excluding carboxylic acids is 1. The number of hydrogen-bond acceptors (Lipinski definition) is 3. The second-order valence-electron chi connectivity index (χ2n) is 4.82. The fourth-order valence-corrected chi connectivity index (χ4v) is 2.06. The molecule has 2 rings (SSSR count). The highest BCUT2D eigenvalue weighted by molar-refractivity contribution is 5.85. The summed E-state index contributed by atoms with van der Waals surface area (Å²) in [5.74, 6) is 0.928. The minimum Gasteiger partial charge on any atom is -0.491 e. The lowest BCUT2D eigenvalue weighted by molar-refractivity contribution is -0.124. The number of rotatable bonds is 4. The van der Waals surface area contributed by atoms with Crippen molar-refractivity contribution in [2.75, 3.05) is 6.61 Å². The summed E-state index contributed by atoms with van der Waals surface area (Å²) in [6.07, 6.45) is 0.895. The van der Waals surface area contributed by atoms with Crippen LogP contribution in [0.4, 0.5) is 0 Å². The molecular formula is C14H21ClN2O2. The third-order valence-electron chi connectivity index (χ3n) is 3.58. The van der Waals surface area contributed by atoms with Gasteiger partial charge in [-0.15, -0.1) is 12.4 Å². The van der Waals surface area contributed by atoms with Gasteiger partial charge in [-0.3, -0.25) is 4.79 Å². The molecule has 0 saturated carbocycles. The lowest BCUT2D eigenvalue weighted by Gasteiger charge is -2.20. The monoisotopic (exact) mass is 284 g/mol. The minimum absolute atomic E-state index is 0. The van der Waals surface area contributed by atoms with E-state index in [9.17, 15) is 4.79 Å². The van der Waals surface area contributed by atoms with Crippen molar-refractivity contribution in [3.05, 3.63) is 29.8 Å². The standard InChI is InChI=1S/C14H20N2O2.ClH/c1-3-9(2)13(15)14(17)16-11-8-18-12-7-5-4-6-10(11)12;/h4-7,9,11,13H,3,8,15H2,1-2H3,(H,16,17);1H. The van der Waals surface area contributed by atoms with Gasteiger partial charge in [0.2, 0.25) is 5.91 Å². The number of ether oxygens (including phenoxy) is 1. The number of halogens is 1. The number of nitrogens with two attached hydrogens (primary N) is 1. The summed E-state index contributed by atoms with van der Waals surface area (Å²) in [5, 5.41) is 2.96. The van der Waals surface area contributed by atoms with Crippen LogP contribution in [0.25, 0.3) is 0 Å². The highest BCUT2D eigenvalue weighted by Crippen LogP contribution is 2.31. The largest absolute Gasteiger partial charge is 0.491 e. The van der Waals surface area contributed by atoms with E-state index in [0.29, 0.717) is 6.61 Å². The molecule has 3 N–H and O–H groups in total. The Hall–Kier alpha value is -1.26. The van der Waals surface area contributed by atoms with Crippen LogP contribution in [0.5, 0.6) is 5.75 Å². The molecule has 0 aromatic heterocycles. The molecular weight excluding hydrogens is 264 g/mol. The number of benzene rings is 1. The van der Waals surface area contributed by atoms with Crippen molar-refractivity contribution in [1.29, 1.82) is 0 Å². The predicted molar refractivity (Wildman–Crippen MR) is 77.5 cm³/mol. The summed E-state index contributed by atoms with van der Waals surface area (Å²) in [7, 11) is 0. The van der Waals surface area contributed by atoms with Crippen molar-refractivity contribution in [1.82, 2.24) is 5.32 Å². The zero-order valence-corrected chi connectivity index (χ0v) is 12.1. The van der Waals surface area contributed by atoms with Gasteiger partial charge in [-0.2, -0.15) is 0 Å². The first kappa shape index (κ1) is 15.8. The molecule has 19 heavy (non-hydrogen) atoms. The van der Waals surface area contributed by atoms with Gasteiger partial charge >= 0.3 is 0 Å². The third-order valence-corrected chi connectivity index (χ3v) is 3.58. The summed E-state index contributed by atoms with van der Waals surface area (Å²) in [6, 6.07) is 7.22. The first-order chi connectivity index (χ1) is 8.63. The van der Waals surface area contributed by atoms with E-state index in [2.05, 4.69) is 5.32 Å². The molecule has 0 aliphatic carbocycles. The maximum atomic E-state index is 12.0. The Bertz CT molecular complexity index is 439. The number of hydrogen-bond donors (Lipinski definition) is 2. The average molecular weight is 285 g/mol. The van der Waals surface area contributed by atoms with Gasteiger partial charge in [0.25, 0.3) is 0 Å². The average Bonchev–Trinajstić information content (AvgIpc) is 2.80. The summed E-state index contributed by atoms with van der Waals surface area (Å²) >= 11 is 0. The Kier molecular flexibility index (Phi) is 5.63. The number of fused-ring (bicyclic) bond motifs is 1. The molecule has 1 aliphatic rings. The number of nitrogens with one attached hydrogen (secondary N) is 1. The van der Waals surface area contributed by atoms with Gasteiger partial charge in [-0.1, -0.05) is 38.5 Å². The van der Waals surface area contributed by atoms with Crippen molar-refractivity contribution in [3.8, 4) is 5.75 Å². The number of para-hydroxylation sites is 1.